The number of hydrogen-bond donors (Lipinski definition) is 1. The van der Waals surface area contributed by atoms with Crippen LogP contribution in [0.4, 0.5) is 11.4 Å². The smallest absolute Gasteiger partial charge is 0.318 e. The lowest BCUT2D eigenvalue weighted by atomic mass is 10.2. The molecular formula is C24H18BrN5O8S. The van der Waals surface area contributed by atoms with Crippen molar-refractivity contribution in [1.82, 2.24) is 10.4 Å². The number of nitrogens with one attached hydrogen (secondary N) is 1. The molecule has 0 saturated heterocycles. The highest BCUT2D eigenvalue weighted by Crippen LogP contribution is 2.42. The second-order valence-electron chi connectivity index (χ2n) is 7.56. The number of benzene rings is 3. The molecule has 3 aromatic carbocycles. The Morgan fingerprint density at radius 3 is 2.67 bits per heavy atom. The molecule has 1 N–H and O–H groups in total. The number of non-ortho nitro benzene ring substituents is 1. The number of halogens is 1. The first kappa shape index (κ1) is 27.5. The fraction of sp³-hybridized carbons (Fsp3) is 0.125. The normalized spacial score (nSPS) is 11.0. The van der Waals surface area contributed by atoms with Crippen LogP contribution in [0.2, 0.25) is 0 Å². The molecule has 0 radical (unpaired) electrons. The number of ether oxygens (including phenoxy) is 2. The van der Waals surface area contributed by atoms with E-state index in [2.05, 4.69) is 31.4 Å². The molecule has 1 heterocycles. The maximum Gasteiger partial charge on any atom is 0.318 e. The Labute approximate surface area is 232 Å². The predicted molar refractivity (Wildman–Crippen MR) is 146 cm³/mol. The van der Waals surface area contributed by atoms with Gasteiger partial charge in [-0.1, -0.05) is 23.9 Å². The van der Waals surface area contributed by atoms with Crippen LogP contribution in [0.25, 0.3) is 11.1 Å². The van der Waals surface area contributed by atoms with Gasteiger partial charge in [0.15, 0.2) is 17.1 Å². The van der Waals surface area contributed by atoms with Crippen LogP contribution < -0.4 is 14.9 Å². The zero-order valence-corrected chi connectivity index (χ0v) is 22.4. The minimum atomic E-state index is -0.775. The average molecular weight is 616 g/mol. The molecule has 1 aromatic heterocycles. The predicted octanol–water partition coefficient (Wildman–Crippen LogP) is 5.84. The van der Waals surface area contributed by atoms with Crippen LogP contribution in [-0.2, 0) is 4.79 Å². The summed E-state index contributed by atoms with van der Waals surface area (Å²) in [5.74, 6) is -0.229. The largest absolute Gasteiger partial charge is 0.490 e. The summed E-state index contributed by atoms with van der Waals surface area (Å²) in [6.45, 7) is 1.98. The van der Waals surface area contributed by atoms with E-state index in [1.165, 1.54) is 6.21 Å². The Balaban J connectivity index is 1.45. The third kappa shape index (κ3) is 6.88. The van der Waals surface area contributed by atoms with Crippen LogP contribution in [0.1, 0.15) is 12.5 Å². The van der Waals surface area contributed by atoms with Crippen molar-refractivity contribution in [2.24, 2.45) is 5.10 Å². The van der Waals surface area contributed by atoms with Gasteiger partial charge >= 0.3 is 5.69 Å². The van der Waals surface area contributed by atoms with Crippen molar-refractivity contribution in [1.29, 1.82) is 0 Å². The number of fused-ring (bicyclic) bond motifs is 1. The lowest BCUT2D eigenvalue weighted by Gasteiger charge is -2.14. The number of carbonyl (C=O) groups is 1. The molecule has 0 atom stereocenters. The maximum atomic E-state index is 12.2. The SMILES string of the molecule is CCOc1cc(/C=N\NC(=O)CSc2nc3ccccc3o2)cc(Br)c1Oc1ccc([N+](=O)[O-])cc1[N+](=O)[O-]. The second-order valence-corrected chi connectivity index (χ2v) is 9.34. The zero-order valence-electron chi connectivity index (χ0n) is 20.0. The van der Waals surface area contributed by atoms with E-state index in [-0.39, 0.29) is 35.5 Å². The second kappa shape index (κ2) is 12.4. The average Bonchev–Trinajstić information content (AvgIpc) is 3.32. The van der Waals surface area contributed by atoms with E-state index in [1.807, 2.05) is 18.2 Å². The quantitative estimate of drug-likeness (QED) is 0.0934. The molecule has 1 amide bonds. The van der Waals surface area contributed by atoms with Crippen LogP contribution in [0, 0.1) is 20.2 Å². The molecule has 15 heteroatoms. The number of para-hydroxylation sites is 2. The summed E-state index contributed by atoms with van der Waals surface area (Å²) in [6, 6.07) is 13.5. The number of hydrazone groups is 1. The lowest BCUT2D eigenvalue weighted by molar-refractivity contribution is -0.394. The third-order valence-corrected chi connectivity index (χ3v) is 6.31. The van der Waals surface area contributed by atoms with Gasteiger partial charge in [-0.05, 0) is 58.7 Å². The van der Waals surface area contributed by atoms with Crippen LogP contribution >= 0.6 is 27.7 Å². The summed E-state index contributed by atoms with van der Waals surface area (Å²) < 4.78 is 17.3. The Morgan fingerprint density at radius 2 is 1.95 bits per heavy atom. The molecule has 13 nitrogen and oxygen atoms in total. The van der Waals surface area contributed by atoms with Crippen molar-refractivity contribution in [3.8, 4) is 17.2 Å². The van der Waals surface area contributed by atoms with E-state index in [0.717, 1.165) is 30.0 Å². The van der Waals surface area contributed by atoms with Gasteiger partial charge in [0, 0.05) is 6.07 Å². The Kier molecular flexibility index (Phi) is 8.73. The molecular weight excluding hydrogens is 598 g/mol. The van der Waals surface area contributed by atoms with E-state index >= 15 is 0 Å². The highest BCUT2D eigenvalue weighted by Gasteiger charge is 2.23. The van der Waals surface area contributed by atoms with Gasteiger partial charge in [0.05, 0.1) is 39.0 Å². The lowest BCUT2D eigenvalue weighted by Crippen LogP contribution is -2.19. The first-order valence-corrected chi connectivity index (χ1v) is 12.9. The highest BCUT2D eigenvalue weighted by molar-refractivity contribution is 9.10. The summed E-state index contributed by atoms with van der Waals surface area (Å²) in [5, 5.41) is 26.8. The van der Waals surface area contributed by atoms with E-state index in [1.54, 1.807) is 25.1 Å². The van der Waals surface area contributed by atoms with Gasteiger partial charge in [-0.2, -0.15) is 5.10 Å². The van der Waals surface area contributed by atoms with Crippen LogP contribution in [-0.4, -0.2) is 39.3 Å². The van der Waals surface area contributed by atoms with Crippen molar-refractivity contribution in [3.05, 3.63) is 84.9 Å². The molecule has 0 saturated carbocycles. The van der Waals surface area contributed by atoms with Gasteiger partial charge in [-0.3, -0.25) is 25.0 Å². The van der Waals surface area contributed by atoms with Crippen molar-refractivity contribution >= 4 is 62.3 Å². The van der Waals surface area contributed by atoms with Gasteiger partial charge in [0.25, 0.3) is 16.8 Å². The number of nitro groups is 2. The molecule has 0 bridgehead atoms. The van der Waals surface area contributed by atoms with Gasteiger partial charge < -0.3 is 13.9 Å². The topological polar surface area (TPSA) is 172 Å². The molecule has 200 valence electrons. The Hall–Kier alpha value is -4.50. The van der Waals surface area contributed by atoms with Gasteiger partial charge in [-0.15, -0.1) is 0 Å². The van der Waals surface area contributed by atoms with Gasteiger partial charge in [0.2, 0.25) is 5.75 Å². The number of thioether (sulfide) groups is 1. The van der Waals surface area contributed by atoms with Crippen molar-refractivity contribution in [2.75, 3.05) is 12.4 Å². The highest BCUT2D eigenvalue weighted by atomic mass is 79.9. The molecule has 0 unspecified atom stereocenters. The van der Waals surface area contributed by atoms with Crippen molar-refractivity contribution in [3.63, 3.8) is 0 Å². The number of rotatable bonds is 11. The number of hydrogen-bond acceptors (Lipinski definition) is 11. The van der Waals surface area contributed by atoms with Gasteiger partial charge in [0.1, 0.15) is 5.52 Å². The van der Waals surface area contributed by atoms with E-state index in [4.69, 9.17) is 13.9 Å². The monoisotopic (exact) mass is 615 g/mol. The molecule has 0 spiro atoms. The number of nitro benzene ring substituents is 2. The van der Waals surface area contributed by atoms with Gasteiger partial charge in [-0.25, -0.2) is 10.4 Å². The van der Waals surface area contributed by atoms with E-state index in [9.17, 15) is 25.0 Å². The molecule has 0 aliphatic heterocycles. The summed E-state index contributed by atoms with van der Waals surface area (Å²) in [4.78, 5) is 37.5. The Morgan fingerprint density at radius 1 is 1.15 bits per heavy atom. The minimum Gasteiger partial charge on any atom is -0.490 e. The summed E-state index contributed by atoms with van der Waals surface area (Å²) >= 11 is 4.49. The number of carbonyl (C=O) groups excluding carboxylic acids is 1. The van der Waals surface area contributed by atoms with Crippen LogP contribution in [0.5, 0.6) is 17.2 Å². The zero-order chi connectivity index (χ0) is 27.9. The summed E-state index contributed by atoms with van der Waals surface area (Å²) in [5.41, 5.74) is 3.24. The fourth-order valence-electron chi connectivity index (χ4n) is 3.23. The molecule has 4 rings (SSSR count). The summed E-state index contributed by atoms with van der Waals surface area (Å²) in [7, 11) is 0. The standard InChI is InChI=1S/C24H18BrN5O8S/c1-2-36-21-10-14(12-26-28-22(31)13-39-24-27-17-5-3-4-6-19(17)38-24)9-16(25)23(21)37-20-8-7-15(29(32)33)11-18(20)30(34)35/h3-12H,2,13H2,1H3,(H,28,31)/b26-12-. The van der Waals surface area contributed by atoms with Crippen LogP contribution in [0.15, 0.2) is 73.8 Å². The van der Waals surface area contributed by atoms with Crippen molar-refractivity contribution < 1.29 is 28.5 Å². The van der Waals surface area contributed by atoms with E-state index in [0.29, 0.717) is 26.4 Å². The van der Waals surface area contributed by atoms with Crippen LogP contribution in [0.3, 0.4) is 0 Å². The first-order valence-electron chi connectivity index (χ1n) is 11.1. The molecule has 0 aliphatic carbocycles. The number of nitrogens with zero attached hydrogens (tertiary/aromatic N) is 4. The van der Waals surface area contributed by atoms with E-state index < -0.39 is 21.2 Å². The molecule has 4 aromatic rings. The first-order chi connectivity index (χ1) is 18.7. The molecule has 0 fully saturated rings. The number of amides is 1. The Bertz CT molecular complexity index is 1560. The number of aromatic nitrogens is 1. The van der Waals surface area contributed by atoms with Crippen molar-refractivity contribution in [2.45, 2.75) is 12.1 Å². The number of oxazole rings is 1. The third-order valence-electron chi connectivity index (χ3n) is 4.90. The maximum absolute atomic E-state index is 12.2. The summed E-state index contributed by atoms with van der Waals surface area (Å²) in [6.07, 6.45) is 1.38. The minimum absolute atomic E-state index is 0.0266. The molecule has 0 aliphatic rings. The molecule has 39 heavy (non-hydrogen) atoms. The fourth-order valence-corrected chi connectivity index (χ4v) is 4.41.